The van der Waals surface area contributed by atoms with E-state index in [0.717, 1.165) is 22.8 Å². The van der Waals surface area contributed by atoms with E-state index in [1.54, 1.807) is 0 Å². The zero-order chi connectivity index (χ0) is 13.1. The van der Waals surface area contributed by atoms with Crippen molar-refractivity contribution in [1.82, 2.24) is 0 Å². The summed E-state index contributed by atoms with van der Waals surface area (Å²) in [6.07, 6.45) is 0. The topological polar surface area (TPSA) is 12.0 Å². The van der Waals surface area contributed by atoms with E-state index in [4.69, 9.17) is 11.6 Å². The molecule has 0 fully saturated rings. The fraction of sp³-hybridized carbons (Fsp3) is 0.250. The molecule has 0 aliphatic rings. The molecule has 0 radical (unpaired) electrons. The SMILES string of the molecule is Cc1ccc(CNc2ccc(C)c(C)c2)c(Cl)c1. The van der Waals surface area contributed by atoms with Crippen molar-refractivity contribution in [2.45, 2.75) is 27.3 Å². The Balaban J connectivity index is 2.09. The maximum absolute atomic E-state index is 6.21. The lowest BCUT2D eigenvalue weighted by molar-refractivity contribution is 1.14. The molecule has 0 unspecified atom stereocenters. The van der Waals surface area contributed by atoms with E-state index >= 15 is 0 Å². The number of benzene rings is 2. The largest absolute Gasteiger partial charge is 0.381 e. The van der Waals surface area contributed by atoms with Gasteiger partial charge in [-0.15, -0.1) is 0 Å². The third-order valence-electron chi connectivity index (χ3n) is 3.20. The molecule has 2 aromatic rings. The van der Waals surface area contributed by atoms with Crippen molar-refractivity contribution in [1.29, 1.82) is 0 Å². The Labute approximate surface area is 114 Å². The fourth-order valence-electron chi connectivity index (χ4n) is 1.84. The van der Waals surface area contributed by atoms with Crippen LogP contribution in [0.4, 0.5) is 5.69 Å². The fourth-order valence-corrected chi connectivity index (χ4v) is 2.15. The molecule has 0 heterocycles. The molecule has 0 spiro atoms. The summed E-state index contributed by atoms with van der Waals surface area (Å²) in [6.45, 7) is 7.04. The van der Waals surface area contributed by atoms with Gasteiger partial charge in [-0.1, -0.05) is 29.8 Å². The lowest BCUT2D eigenvalue weighted by Gasteiger charge is -2.10. The average molecular weight is 260 g/mol. The van der Waals surface area contributed by atoms with Gasteiger partial charge in [0.25, 0.3) is 0 Å². The molecule has 2 rings (SSSR count). The summed E-state index contributed by atoms with van der Waals surface area (Å²) >= 11 is 6.21. The van der Waals surface area contributed by atoms with Crippen LogP contribution in [0, 0.1) is 20.8 Å². The Morgan fingerprint density at radius 3 is 2.39 bits per heavy atom. The van der Waals surface area contributed by atoms with E-state index in [9.17, 15) is 0 Å². The van der Waals surface area contributed by atoms with Crippen LogP contribution in [-0.2, 0) is 6.54 Å². The van der Waals surface area contributed by atoms with Gasteiger partial charge in [0.15, 0.2) is 0 Å². The molecule has 0 atom stereocenters. The second kappa shape index (κ2) is 5.45. The number of aryl methyl sites for hydroxylation is 3. The van der Waals surface area contributed by atoms with Crippen molar-refractivity contribution in [2.75, 3.05) is 5.32 Å². The first kappa shape index (κ1) is 13.0. The highest BCUT2D eigenvalue weighted by atomic mass is 35.5. The summed E-state index contributed by atoms with van der Waals surface area (Å²) in [7, 11) is 0. The van der Waals surface area contributed by atoms with E-state index < -0.39 is 0 Å². The Hall–Kier alpha value is -1.47. The Morgan fingerprint density at radius 2 is 1.72 bits per heavy atom. The van der Waals surface area contributed by atoms with E-state index in [-0.39, 0.29) is 0 Å². The summed E-state index contributed by atoms with van der Waals surface area (Å²) in [5.41, 5.74) is 6.06. The number of anilines is 1. The van der Waals surface area contributed by atoms with Crippen LogP contribution in [0.15, 0.2) is 36.4 Å². The Kier molecular flexibility index (Phi) is 3.93. The first-order valence-electron chi connectivity index (χ1n) is 6.12. The van der Waals surface area contributed by atoms with E-state index in [0.29, 0.717) is 0 Å². The molecule has 0 aromatic heterocycles. The summed E-state index contributed by atoms with van der Waals surface area (Å²) in [6, 6.07) is 12.6. The smallest absolute Gasteiger partial charge is 0.0458 e. The lowest BCUT2D eigenvalue weighted by atomic mass is 10.1. The molecule has 1 N–H and O–H groups in total. The first-order chi connectivity index (χ1) is 8.56. The molecule has 18 heavy (non-hydrogen) atoms. The number of hydrogen-bond acceptors (Lipinski definition) is 1. The molecule has 2 heteroatoms. The second-order valence-electron chi connectivity index (χ2n) is 4.75. The normalized spacial score (nSPS) is 10.4. The molecule has 94 valence electrons. The standard InChI is InChI=1S/C16H18ClN/c1-11-4-6-14(16(17)8-11)10-18-15-7-5-12(2)13(3)9-15/h4-9,18H,10H2,1-3H3. The third-order valence-corrected chi connectivity index (χ3v) is 3.55. The maximum Gasteiger partial charge on any atom is 0.0458 e. The predicted molar refractivity (Wildman–Crippen MR) is 79.4 cm³/mol. The minimum atomic E-state index is 0.752. The van der Waals surface area contributed by atoms with Gasteiger partial charge >= 0.3 is 0 Å². The molecular weight excluding hydrogens is 242 g/mol. The van der Waals surface area contributed by atoms with Crippen LogP contribution in [-0.4, -0.2) is 0 Å². The van der Waals surface area contributed by atoms with Crippen LogP contribution in [0.5, 0.6) is 0 Å². The van der Waals surface area contributed by atoms with Gasteiger partial charge < -0.3 is 5.32 Å². The maximum atomic E-state index is 6.21. The Morgan fingerprint density at radius 1 is 0.944 bits per heavy atom. The van der Waals surface area contributed by atoms with Crippen LogP contribution in [0.2, 0.25) is 5.02 Å². The molecule has 2 aromatic carbocycles. The molecular formula is C16H18ClN. The van der Waals surface area contributed by atoms with Crippen LogP contribution in [0.3, 0.4) is 0 Å². The highest BCUT2D eigenvalue weighted by molar-refractivity contribution is 6.31. The highest BCUT2D eigenvalue weighted by Crippen LogP contribution is 2.20. The van der Waals surface area contributed by atoms with E-state index in [1.807, 2.05) is 13.0 Å². The van der Waals surface area contributed by atoms with Crippen molar-refractivity contribution in [3.63, 3.8) is 0 Å². The Bertz CT molecular complexity index is 561. The van der Waals surface area contributed by atoms with Crippen molar-refractivity contribution in [3.05, 3.63) is 63.7 Å². The summed E-state index contributed by atoms with van der Waals surface area (Å²) in [5.74, 6) is 0. The van der Waals surface area contributed by atoms with Crippen LogP contribution in [0.1, 0.15) is 22.3 Å². The van der Waals surface area contributed by atoms with Crippen LogP contribution < -0.4 is 5.32 Å². The monoisotopic (exact) mass is 259 g/mol. The molecule has 0 amide bonds. The second-order valence-corrected chi connectivity index (χ2v) is 5.15. The molecule has 0 saturated heterocycles. The average Bonchev–Trinajstić information content (AvgIpc) is 2.32. The molecule has 1 nitrogen and oxygen atoms in total. The minimum Gasteiger partial charge on any atom is -0.381 e. The number of hydrogen-bond donors (Lipinski definition) is 1. The number of nitrogens with one attached hydrogen (secondary N) is 1. The molecule has 0 saturated carbocycles. The van der Waals surface area contributed by atoms with Gasteiger partial charge in [-0.3, -0.25) is 0 Å². The van der Waals surface area contributed by atoms with Crippen molar-refractivity contribution < 1.29 is 0 Å². The zero-order valence-electron chi connectivity index (χ0n) is 11.0. The van der Waals surface area contributed by atoms with E-state index in [2.05, 4.69) is 49.5 Å². The summed E-state index contributed by atoms with van der Waals surface area (Å²) < 4.78 is 0. The third kappa shape index (κ3) is 3.05. The molecule has 0 aliphatic heterocycles. The van der Waals surface area contributed by atoms with E-state index in [1.165, 1.54) is 16.7 Å². The molecule has 0 bridgehead atoms. The van der Waals surface area contributed by atoms with Gasteiger partial charge in [0, 0.05) is 17.3 Å². The van der Waals surface area contributed by atoms with Gasteiger partial charge in [0.1, 0.15) is 0 Å². The number of halogens is 1. The van der Waals surface area contributed by atoms with Gasteiger partial charge in [-0.25, -0.2) is 0 Å². The zero-order valence-corrected chi connectivity index (χ0v) is 11.8. The first-order valence-corrected chi connectivity index (χ1v) is 6.50. The van der Waals surface area contributed by atoms with Crippen molar-refractivity contribution in [3.8, 4) is 0 Å². The predicted octanol–water partition coefficient (Wildman–Crippen LogP) is 4.88. The van der Waals surface area contributed by atoms with Gasteiger partial charge in [-0.2, -0.15) is 0 Å². The van der Waals surface area contributed by atoms with Crippen molar-refractivity contribution in [2.24, 2.45) is 0 Å². The van der Waals surface area contributed by atoms with Gasteiger partial charge in [0.05, 0.1) is 0 Å². The minimum absolute atomic E-state index is 0.752. The van der Waals surface area contributed by atoms with Crippen LogP contribution in [0.25, 0.3) is 0 Å². The highest BCUT2D eigenvalue weighted by Gasteiger charge is 2.01. The number of rotatable bonds is 3. The lowest BCUT2D eigenvalue weighted by Crippen LogP contribution is -2.00. The van der Waals surface area contributed by atoms with Gasteiger partial charge in [0.2, 0.25) is 0 Å². The quantitative estimate of drug-likeness (QED) is 0.829. The molecule has 0 aliphatic carbocycles. The summed E-state index contributed by atoms with van der Waals surface area (Å²) in [5, 5.41) is 4.23. The van der Waals surface area contributed by atoms with Crippen molar-refractivity contribution >= 4 is 17.3 Å². The van der Waals surface area contributed by atoms with Crippen LogP contribution >= 0.6 is 11.6 Å². The van der Waals surface area contributed by atoms with Gasteiger partial charge in [-0.05, 0) is 61.2 Å². The summed E-state index contributed by atoms with van der Waals surface area (Å²) in [4.78, 5) is 0.